The van der Waals surface area contributed by atoms with E-state index in [0.717, 1.165) is 64.2 Å². The van der Waals surface area contributed by atoms with Gasteiger partial charge in [-0.05, 0) is 47.3 Å². The maximum Gasteiger partial charge on any atom is 0.495 e. The lowest BCUT2D eigenvalue weighted by Gasteiger charge is -2.47. The maximum atomic E-state index is 13.5. The zero-order valence-corrected chi connectivity index (χ0v) is 22.0. The third kappa shape index (κ3) is 5.44. The summed E-state index contributed by atoms with van der Waals surface area (Å²) in [7, 11) is -8.56. The van der Waals surface area contributed by atoms with Crippen LogP contribution in [0.3, 0.4) is 0 Å². The summed E-state index contributed by atoms with van der Waals surface area (Å²) in [5, 5.41) is 0. The SMILES string of the molecule is CC(C)(C)C1(CS(=O)(=O)C(=[N+]=[N-])S(=O)(=O)CC2(C(C)(C)C)CCCCC2)CCCCC1. The lowest BCUT2D eigenvalue weighted by molar-refractivity contribution is 0.00298. The van der Waals surface area contributed by atoms with Crippen molar-refractivity contribution in [3.63, 3.8) is 0 Å². The Bertz CT molecular complexity index is 834. The molecule has 0 heterocycles. The van der Waals surface area contributed by atoms with Gasteiger partial charge in [0.2, 0.25) is 0 Å². The molecule has 0 amide bonds. The van der Waals surface area contributed by atoms with E-state index in [1.807, 2.05) is 41.5 Å². The molecule has 0 saturated heterocycles. The molecule has 0 aliphatic heterocycles. The molecule has 2 fully saturated rings. The minimum atomic E-state index is -4.28. The summed E-state index contributed by atoms with van der Waals surface area (Å²) in [6.45, 7) is 12.1. The third-order valence-corrected chi connectivity index (χ3v) is 13.0. The van der Waals surface area contributed by atoms with Crippen molar-refractivity contribution < 1.29 is 21.6 Å². The summed E-state index contributed by atoms with van der Waals surface area (Å²) in [6.07, 6.45) is 8.78. The number of rotatable bonds is 4. The van der Waals surface area contributed by atoms with Crippen molar-refractivity contribution in [1.29, 1.82) is 0 Å². The molecule has 8 heteroatoms. The minimum Gasteiger partial charge on any atom is -0.359 e. The molecule has 0 spiro atoms. The molecule has 31 heavy (non-hydrogen) atoms. The predicted molar refractivity (Wildman–Crippen MR) is 126 cm³/mol. The molecular weight excluding hydrogens is 432 g/mol. The van der Waals surface area contributed by atoms with Crippen LogP contribution in [-0.2, 0) is 19.7 Å². The third-order valence-electron chi connectivity index (χ3n) is 8.35. The summed E-state index contributed by atoms with van der Waals surface area (Å²) < 4.78 is 52.8. The highest BCUT2D eigenvalue weighted by molar-refractivity contribution is 8.31. The Labute approximate surface area is 190 Å². The van der Waals surface area contributed by atoms with Crippen molar-refractivity contribution in [3.8, 4) is 0 Å². The van der Waals surface area contributed by atoms with Crippen LogP contribution in [0.1, 0.15) is 106 Å². The Hall–Kier alpha value is -0.720. The maximum absolute atomic E-state index is 13.5. The fourth-order valence-electron chi connectivity index (χ4n) is 5.85. The van der Waals surface area contributed by atoms with Gasteiger partial charge in [0.1, 0.15) is 0 Å². The zero-order valence-electron chi connectivity index (χ0n) is 20.3. The first-order valence-electron chi connectivity index (χ1n) is 11.7. The second kappa shape index (κ2) is 8.90. The van der Waals surface area contributed by atoms with Crippen molar-refractivity contribution in [2.75, 3.05) is 11.5 Å². The monoisotopic (exact) mass is 474 g/mol. The van der Waals surface area contributed by atoms with Crippen molar-refractivity contribution in [3.05, 3.63) is 5.53 Å². The number of nitrogens with zero attached hydrogens (tertiary/aromatic N) is 2. The molecule has 0 aromatic rings. The molecule has 0 bridgehead atoms. The van der Waals surface area contributed by atoms with E-state index in [2.05, 4.69) is 4.79 Å². The Morgan fingerprint density at radius 2 is 0.968 bits per heavy atom. The van der Waals surface area contributed by atoms with Crippen LogP contribution >= 0.6 is 0 Å². The zero-order chi connectivity index (χ0) is 23.8. The van der Waals surface area contributed by atoms with E-state index in [1.165, 1.54) is 0 Å². The van der Waals surface area contributed by atoms with Crippen molar-refractivity contribution in [1.82, 2.24) is 0 Å². The lowest BCUT2D eigenvalue weighted by atomic mass is 9.60. The lowest BCUT2D eigenvalue weighted by Crippen LogP contribution is -2.48. The summed E-state index contributed by atoms with van der Waals surface area (Å²) in [5.41, 5.74) is 8.00. The summed E-state index contributed by atoms with van der Waals surface area (Å²) in [5.74, 6) is -0.574. The van der Waals surface area contributed by atoms with Gasteiger partial charge < -0.3 is 5.53 Å². The van der Waals surface area contributed by atoms with Crippen LogP contribution < -0.4 is 0 Å². The normalized spacial score (nSPS) is 22.5. The Morgan fingerprint density at radius 1 is 0.677 bits per heavy atom. The average molecular weight is 475 g/mol. The highest BCUT2D eigenvalue weighted by Gasteiger charge is 2.54. The van der Waals surface area contributed by atoms with Gasteiger partial charge >= 0.3 is 4.38 Å². The van der Waals surface area contributed by atoms with Gasteiger partial charge in [-0.25, -0.2) is 16.8 Å². The molecule has 2 rings (SSSR count). The molecule has 6 nitrogen and oxygen atoms in total. The van der Waals surface area contributed by atoms with E-state index in [4.69, 9.17) is 0 Å². The fraction of sp³-hybridized carbons (Fsp3) is 0.957. The summed E-state index contributed by atoms with van der Waals surface area (Å²) in [6, 6.07) is 0. The molecule has 2 aliphatic carbocycles. The van der Waals surface area contributed by atoms with E-state index in [0.29, 0.717) is 0 Å². The predicted octanol–water partition coefficient (Wildman–Crippen LogP) is 5.40. The molecule has 2 saturated carbocycles. The number of hydrogen-bond donors (Lipinski definition) is 0. The van der Waals surface area contributed by atoms with Gasteiger partial charge in [0.15, 0.2) is 0 Å². The average Bonchev–Trinajstić information content (AvgIpc) is 2.60. The van der Waals surface area contributed by atoms with Gasteiger partial charge in [-0.2, -0.15) is 0 Å². The molecule has 0 unspecified atom stereocenters. The molecule has 0 radical (unpaired) electrons. The highest BCUT2D eigenvalue weighted by Crippen LogP contribution is 2.52. The van der Waals surface area contributed by atoms with Gasteiger partial charge in [0.05, 0.1) is 11.5 Å². The van der Waals surface area contributed by atoms with Crippen LogP contribution in [0.2, 0.25) is 0 Å². The molecule has 0 aromatic carbocycles. The smallest absolute Gasteiger partial charge is 0.359 e. The van der Waals surface area contributed by atoms with Gasteiger partial charge in [-0.1, -0.05) is 80.1 Å². The molecule has 180 valence electrons. The second-order valence-corrected chi connectivity index (χ2v) is 16.1. The number of sulfone groups is 2. The summed E-state index contributed by atoms with van der Waals surface area (Å²) in [4.78, 5) is 2.93. The molecule has 0 aromatic heterocycles. The largest absolute Gasteiger partial charge is 0.495 e. The number of hydrogen-bond acceptors (Lipinski definition) is 4. The van der Waals surface area contributed by atoms with E-state index < -0.39 is 34.9 Å². The molecule has 2 aliphatic rings. The second-order valence-electron chi connectivity index (χ2n) is 12.1. The molecule has 0 atom stereocenters. The van der Waals surface area contributed by atoms with E-state index in [9.17, 15) is 22.4 Å². The fourth-order valence-corrected chi connectivity index (χ4v) is 11.1. The standard InChI is InChI=1S/C23H42N2O4S2/c1-20(2,3)22(13-9-7-10-14-22)17-30(26,27)19(25-24)31(28,29)18-23(21(4,5)6)15-11-8-12-16-23/h7-18H2,1-6H3. The molecular formula is C23H42N2O4S2. The molecule has 0 N–H and O–H groups in total. The van der Waals surface area contributed by atoms with Crippen LogP contribution in [0.15, 0.2) is 0 Å². The van der Waals surface area contributed by atoms with Crippen LogP contribution in [0.4, 0.5) is 0 Å². The van der Waals surface area contributed by atoms with Crippen molar-refractivity contribution >= 4 is 24.1 Å². The quantitative estimate of drug-likeness (QED) is 0.235. The van der Waals surface area contributed by atoms with Gasteiger partial charge in [0.25, 0.3) is 19.7 Å². The first kappa shape index (κ1) is 26.5. The van der Waals surface area contributed by atoms with Crippen molar-refractivity contribution in [2.24, 2.45) is 21.7 Å². The van der Waals surface area contributed by atoms with Gasteiger partial charge in [-0.3, -0.25) is 0 Å². The topological polar surface area (TPSA) is 105 Å². The van der Waals surface area contributed by atoms with E-state index in [-0.39, 0.29) is 22.3 Å². The van der Waals surface area contributed by atoms with Crippen LogP contribution in [-0.4, -0.2) is 37.5 Å². The first-order chi connectivity index (χ1) is 14.0. The summed E-state index contributed by atoms with van der Waals surface area (Å²) >= 11 is 0. The van der Waals surface area contributed by atoms with E-state index >= 15 is 0 Å². The van der Waals surface area contributed by atoms with Gasteiger partial charge in [-0.15, -0.1) is 4.79 Å². The van der Waals surface area contributed by atoms with Crippen LogP contribution in [0.25, 0.3) is 5.53 Å². The van der Waals surface area contributed by atoms with Crippen LogP contribution in [0.5, 0.6) is 0 Å². The minimum absolute atomic E-state index is 0.287. The first-order valence-corrected chi connectivity index (χ1v) is 15.0. The Balaban J connectivity index is 2.44. The van der Waals surface area contributed by atoms with Gasteiger partial charge in [0, 0.05) is 0 Å². The highest BCUT2D eigenvalue weighted by atomic mass is 32.3. The van der Waals surface area contributed by atoms with E-state index in [1.54, 1.807) is 0 Å². The van der Waals surface area contributed by atoms with Crippen molar-refractivity contribution in [2.45, 2.75) is 106 Å². The Kier molecular flexibility index (Phi) is 7.62. The van der Waals surface area contributed by atoms with Crippen LogP contribution in [0, 0.1) is 21.7 Å². The Morgan fingerprint density at radius 3 is 1.19 bits per heavy atom.